The molecule has 0 amide bonds. The lowest BCUT2D eigenvalue weighted by atomic mass is 10.1. The molecule has 0 unspecified atom stereocenters. The molecule has 0 aliphatic rings. The van der Waals surface area contributed by atoms with Gasteiger partial charge in [-0.25, -0.2) is 0 Å². The van der Waals surface area contributed by atoms with Gasteiger partial charge in [-0.1, -0.05) is 41.6 Å². The number of alkyl halides is 1. The Kier molecular flexibility index (Phi) is 18.5. The molecule has 0 radical (unpaired) electrons. The summed E-state index contributed by atoms with van der Waals surface area (Å²) in [5, 5.41) is 1.03. The monoisotopic (exact) mass is 322 g/mol. The lowest BCUT2D eigenvalue weighted by Crippen LogP contribution is -2.16. The van der Waals surface area contributed by atoms with Crippen molar-refractivity contribution in [3.63, 3.8) is 0 Å². The number of quaternary nitrogens is 2. The maximum atomic E-state index is 10.1. The van der Waals surface area contributed by atoms with Crippen LogP contribution >= 0.6 is 23.8 Å². The number of hydrogen-bond donors (Lipinski definition) is 2. The Labute approximate surface area is 106 Å². The van der Waals surface area contributed by atoms with Crippen molar-refractivity contribution in [1.29, 1.82) is 0 Å². The van der Waals surface area contributed by atoms with Gasteiger partial charge in [-0.2, -0.15) is 0 Å². The summed E-state index contributed by atoms with van der Waals surface area (Å²) in [5.41, 5.74) is 0. The average Bonchev–Trinajstić information content (AvgIpc) is 2.08. The molecule has 0 spiro atoms. The summed E-state index contributed by atoms with van der Waals surface area (Å²) >= 11 is 3.34. The van der Waals surface area contributed by atoms with Gasteiger partial charge >= 0.3 is 0 Å². The van der Waals surface area contributed by atoms with Crippen LogP contribution in [-0.2, 0) is 9.09 Å². The molecule has 0 saturated carbocycles. The molecule has 0 saturated heterocycles. The Morgan fingerprint density at radius 1 is 0.938 bits per heavy atom. The van der Waals surface area contributed by atoms with Crippen LogP contribution in [0, 0.1) is 0 Å². The van der Waals surface area contributed by atoms with Gasteiger partial charge in [0.15, 0.2) is 0 Å². The largest absolute Gasteiger partial charge is 0.790 e. The van der Waals surface area contributed by atoms with E-state index in [0.29, 0.717) is 6.42 Å². The molecule has 0 aromatic carbocycles. The Morgan fingerprint density at radius 3 is 1.81 bits per heavy atom. The van der Waals surface area contributed by atoms with Crippen LogP contribution in [0.3, 0.4) is 0 Å². The first kappa shape index (κ1) is 21.8. The van der Waals surface area contributed by atoms with E-state index in [0.717, 1.165) is 24.6 Å². The van der Waals surface area contributed by atoms with Gasteiger partial charge in [0.25, 0.3) is 0 Å². The minimum atomic E-state index is -4.74. The van der Waals surface area contributed by atoms with Crippen LogP contribution in [0.25, 0.3) is 0 Å². The predicted molar refractivity (Wildman–Crippen MR) is 67.0 cm³/mol. The zero-order valence-electron chi connectivity index (χ0n) is 10.1. The van der Waals surface area contributed by atoms with E-state index in [1.807, 2.05) is 0 Å². The lowest BCUT2D eigenvalue weighted by Gasteiger charge is -2.28. The molecule has 0 fully saturated rings. The summed E-state index contributed by atoms with van der Waals surface area (Å²) in [6.45, 7) is 0.0305. The van der Waals surface area contributed by atoms with Gasteiger partial charge in [0.1, 0.15) is 0 Å². The van der Waals surface area contributed by atoms with Crippen LogP contribution in [-0.4, -0.2) is 11.9 Å². The maximum absolute atomic E-state index is 10.1. The van der Waals surface area contributed by atoms with E-state index >= 15 is 0 Å². The number of hydrogen-bond acceptors (Lipinski definition) is 4. The third-order valence-electron chi connectivity index (χ3n) is 1.78. The zero-order chi connectivity index (χ0) is 10.9. The molecule has 102 valence electrons. The van der Waals surface area contributed by atoms with Gasteiger partial charge in [0.05, 0.1) is 14.4 Å². The minimum absolute atomic E-state index is 0. The van der Waals surface area contributed by atoms with Gasteiger partial charge in [-0.15, -0.1) is 0 Å². The summed E-state index contributed by atoms with van der Waals surface area (Å²) in [6.07, 6.45) is 6.14. The van der Waals surface area contributed by atoms with Crippen molar-refractivity contribution in [1.82, 2.24) is 12.3 Å². The molecule has 0 heterocycles. The molecule has 0 aliphatic carbocycles. The smallest absolute Gasteiger partial charge is 0.0596 e. The second kappa shape index (κ2) is 13.6. The first-order valence-corrected chi connectivity index (χ1v) is 7.37. The third-order valence-corrected chi connectivity index (χ3v) is 2.84. The predicted octanol–water partition coefficient (Wildman–Crippen LogP) is 2.32. The third kappa shape index (κ3) is 20.0. The highest BCUT2D eigenvalue weighted by Crippen LogP contribution is 2.24. The topological polar surface area (TPSA) is 145 Å². The molecular weight excluding hydrogens is 299 g/mol. The number of rotatable bonds is 9. The number of unbranched alkanes of at least 4 members (excludes halogenated alkanes) is 5. The van der Waals surface area contributed by atoms with E-state index in [9.17, 15) is 14.4 Å². The quantitative estimate of drug-likeness (QED) is 0.381. The van der Waals surface area contributed by atoms with Crippen molar-refractivity contribution in [2.75, 3.05) is 11.9 Å². The van der Waals surface area contributed by atoms with E-state index < -0.39 is 7.82 Å². The molecular formula is C8H24BrN2O4P. The molecule has 0 aromatic heterocycles. The Balaban J connectivity index is -0.000000845. The fourth-order valence-corrected chi connectivity index (χ4v) is 1.83. The van der Waals surface area contributed by atoms with Crippen LogP contribution in [0.5, 0.6) is 0 Å². The summed E-state index contributed by atoms with van der Waals surface area (Å²) in [7, 11) is -4.74. The second-order valence-corrected chi connectivity index (χ2v) is 5.04. The van der Waals surface area contributed by atoms with E-state index in [1.54, 1.807) is 0 Å². The van der Waals surface area contributed by atoms with Crippen molar-refractivity contribution in [3.8, 4) is 0 Å². The highest BCUT2D eigenvalue weighted by molar-refractivity contribution is 9.09. The normalized spacial score (nSPS) is 10.4. The van der Waals surface area contributed by atoms with Crippen LogP contribution in [0.4, 0.5) is 0 Å². The van der Waals surface area contributed by atoms with Gasteiger partial charge in [0, 0.05) is 5.33 Å². The van der Waals surface area contributed by atoms with Crippen LogP contribution in [0.2, 0.25) is 0 Å². The number of halogens is 1. The fourth-order valence-electron chi connectivity index (χ4n) is 1.08. The Bertz CT molecular complexity index is 179. The molecule has 0 bridgehead atoms. The van der Waals surface area contributed by atoms with Gasteiger partial charge < -0.3 is 31.2 Å². The average molecular weight is 323 g/mol. The van der Waals surface area contributed by atoms with Gasteiger partial charge in [0.2, 0.25) is 0 Å². The highest BCUT2D eigenvalue weighted by Gasteiger charge is 1.93. The van der Waals surface area contributed by atoms with E-state index in [1.165, 1.54) is 12.8 Å². The first-order valence-electron chi connectivity index (χ1n) is 4.79. The van der Waals surface area contributed by atoms with Crippen molar-refractivity contribution in [2.45, 2.75) is 38.5 Å². The molecule has 16 heavy (non-hydrogen) atoms. The number of phosphoric ester groups is 1. The van der Waals surface area contributed by atoms with Gasteiger partial charge in [-0.3, -0.25) is 0 Å². The number of phosphoric acid groups is 1. The molecule has 0 rings (SSSR count). The SMILES string of the molecule is O=P([O-])([O-])OCCCCCCCCBr.[NH4+].[NH4+]. The van der Waals surface area contributed by atoms with Gasteiger partial charge in [-0.05, 0) is 12.8 Å². The molecule has 6 nitrogen and oxygen atoms in total. The maximum Gasteiger partial charge on any atom is 0.0596 e. The fraction of sp³-hybridized carbons (Fsp3) is 1.00. The standard InChI is InChI=1S/C8H18BrO4P.2H3N/c9-7-5-3-1-2-4-6-8-13-14(10,11)12;;/h1-8H2,(H2,10,11,12);2*1H3. The van der Waals surface area contributed by atoms with Crippen molar-refractivity contribution in [3.05, 3.63) is 0 Å². The van der Waals surface area contributed by atoms with Crippen molar-refractivity contribution in [2.24, 2.45) is 0 Å². The molecule has 0 atom stereocenters. The lowest BCUT2D eigenvalue weighted by molar-refractivity contribution is -0.341. The van der Waals surface area contributed by atoms with Crippen molar-refractivity contribution < 1.29 is 18.9 Å². The van der Waals surface area contributed by atoms with Crippen molar-refractivity contribution >= 4 is 23.8 Å². The molecule has 0 aliphatic heterocycles. The van der Waals surface area contributed by atoms with Crippen LogP contribution in [0.1, 0.15) is 38.5 Å². The molecule has 8 N–H and O–H groups in total. The zero-order valence-corrected chi connectivity index (χ0v) is 12.6. The summed E-state index contributed by atoms with van der Waals surface area (Å²) < 4.78 is 14.1. The minimum Gasteiger partial charge on any atom is -0.790 e. The second-order valence-electron chi connectivity index (χ2n) is 3.09. The van der Waals surface area contributed by atoms with E-state index in [4.69, 9.17) is 0 Å². The Morgan fingerprint density at radius 2 is 1.38 bits per heavy atom. The molecule has 0 aromatic rings. The van der Waals surface area contributed by atoms with Crippen LogP contribution < -0.4 is 22.1 Å². The summed E-state index contributed by atoms with van der Waals surface area (Å²) in [4.78, 5) is 20.1. The van der Waals surface area contributed by atoms with E-state index in [2.05, 4.69) is 20.5 Å². The summed E-state index contributed by atoms with van der Waals surface area (Å²) in [6, 6.07) is 0. The highest BCUT2D eigenvalue weighted by atomic mass is 79.9. The Hall–Kier alpha value is 0.510. The van der Waals surface area contributed by atoms with Crippen LogP contribution in [0.15, 0.2) is 0 Å². The summed E-state index contributed by atoms with van der Waals surface area (Å²) in [5.74, 6) is 0. The molecule has 8 heteroatoms. The first-order chi connectivity index (χ1) is 6.56. The van der Waals surface area contributed by atoms with E-state index in [-0.39, 0.29) is 18.9 Å².